The van der Waals surface area contributed by atoms with Crippen LogP contribution in [-0.4, -0.2) is 54.3 Å². The minimum absolute atomic E-state index is 0.125. The lowest BCUT2D eigenvalue weighted by atomic mass is 10.1. The highest BCUT2D eigenvalue weighted by molar-refractivity contribution is 5.94. The molecule has 0 radical (unpaired) electrons. The minimum atomic E-state index is 0.125. The Kier molecular flexibility index (Phi) is 6.90. The molecule has 0 spiro atoms. The zero-order valence-corrected chi connectivity index (χ0v) is 18.6. The average Bonchev–Trinajstić information content (AvgIpc) is 3.35. The second kappa shape index (κ2) is 9.99. The van der Waals surface area contributed by atoms with Crippen LogP contribution in [0.1, 0.15) is 53.6 Å². The average molecular weight is 420 g/mol. The zero-order valence-electron chi connectivity index (χ0n) is 18.6. The number of hydrogen-bond acceptors (Lipinski definition) is 3. The highest BCUT2D eigenvalue weighted by Crippen LogP contribution is 2.20. The van der Waals surface area contributed by atoms with Crippen molar-refractivity contribution in [2.24, 2.45) is 0 Å². The summed E-state index contributed by atoms with van der Waals surface area (Å²) in [6, 6.07) is 16.3. The summed E-state index contributed by atoms with van der Waals surface area (Å²) < 4.78 is 0. The number of rotatable bonds is 6. The molecular formula is C26H33N3O2. The SMILES string of the molecule is Cc1ccc(N(CC(=O)N2CCCCC2)Cc2ccc(C(=O)N3CCCC3)cc2)cc1. The molecule has 0 aromatic heterocycles. The van der Waals surface area contributed by atoms with Gasteiger partial charge < -0.3 is 14.7 Å². The van der Waals surface area contributed by atoms with E-state index in [-0.39, 0.29) is 11.8 Å². The fourth-order valence-corrected chi connectivity index (χ4v) is 4.48. The predicted octanol–water partition coefficient (Wildman–Crippen LogP) is 4.25. The van der Waals surface area contributed by atoms with Crippen LogP contribution in [-0.2, 0) is 11.3 Å². The van der Waals surface area contributed by atoms with Crippen LogP contribution >= 0.6 is 0 Å². The number of aryl methyl sites for hydroxylation is 1. The van der Waals surface area contributed by atoms with Crippen molar-refractivity contribution in [3.8, 4) is 0 Å². The van der Waals surface area contributed by atoms with E-state index in [4.69, 9.17) is 0 Å². The molecule has 0 saturated carbocycles. The Bertz CT molecular complexity index is 880. The fourth-order valence-electron chi connectivity index (χ4n) is 4.48. The maximum Gasteiger partial charge on any atom is 0.253 e. The lowest BCUT2D eigenvalue weighted by Crippen LogP contribution is -2.42. The molecule has 164 valence electrons. The van der Waals surface area contributed by atoms with Gasteiger partial charge in [-0.1, -0.05) is 29.8 Å². The lowest BCUT2D eigenvalue weighted by Gasteiger charge is -2.31. The molecule has 2 aromatic rings. The van der Waals surface area contributed by atoms with Gasteiger partial charge in [0, 0.05) is 44.0 Å². The topological polar surface area (TPSA) is 43.9 Å². The Morgan fingerprint density at radius 3 is 2.00 bits per heavy atom. The number of likely N-dealkylation sites (tertiary alicyclic amines) is 2. The van der Waals surface area contributed by atoms with Gasteiger partial charge in [0.25, 0.3) is 5.91 Å². The van der Waals surface area contributed by atoms with E-state index >= 15 is 0 Å². The van der Waals surface area contributed by atoms with Crippen LogP contribution in [0.25, 0.3) is 0 Å². The molecule has 2 aliphatic rings. The maximum absolute atomic E-state index is 13.0. The standard InChI is InChI=1S/C26H33N3O2/c1-21-7-13-24(14-8-21)29(20-25(30)27-15-3-2-4-16-27)19-22-9-11-23(12-10-22)26(31)28-17-5-6-18-28/h7-14H,2-6,15-20H2,1H3. The van der Waals surface area contributed by atoms with Crippen molar-refractivity contribution in [1.82, 2.24) is 9.80 Å². The second-order valence-corrected chi connectivity index (χ2v) is 8.83. The molecule has 0 aliphatic carbocycles. The predicted molar refractivity (Wildman–Crippen MR) is 124 cm³/mol. The normalized spacial score (nSPS) is 16.4. The molecule has 2 heterocycles. The summed E-state index contributed by atoms with van der Waals surface area (Å²) in [4.78, 5) is 31.7. The van der Waals surface area contributed by atoms with Gasteiger partial charge in [-0.15, -0.1) is 0 Å². The van der Waals surface area contributed by atoms with Crippen molar-refractivity contribution in [3.63, 3.8) is 0 Å². The van der Waals surface area contributed by atoms with Crippen LogP contribution in [0.15, 0.2) is 48.5 Å². The third-order valence-electron chi connectivity index (χ3n) is 6.40. The van der Waals surface area contributed by atoms with Crippen molar-refractivity contribution in [3.05, 3.63) is 65.2 Å². The van der Waals surface area contributed by atoms with Crippen molar-refractivity contribution < 1.29 is 9.59 Å². The molecule has 0 N–H and O–H groups in total. The Labute approximate surface area is 185 Å². The molecule has 4 rings (SSSR count). The Hall–Kier alpha value is -2.82. The van der Waals surface area contributed by atoms with Crippen molar-refractivity contribution in [2.75, 3.05) is 37.6 Å². The number of nitrogens with zero attached hydrogens (tertiary/aromatic N) is 3. The molecule has 2 amide bonds. The number of amides is 2. The van der Waals surface area contributed by atoms with Gasteiger partial charge >= 0.3 is 0 Å². The van der Waals surface area contributed by atoms with Crippen LogP contribution in [0.4, 0.5) is 5.69 Å². The highest BCUT2D eigenvalue weighted by atomic mass is 16.2. The van der Waals surface area contributed by atoms with Crippen LogP contribution in [0.2, 0.25) is 0 Å². The zero-order chi connectivity index (χ0) is 21.6. The van der Waals surface area contributed by atoms with Crippen LogP contribution in [0, 0.1) is 6.92 Å². The van der Waals surface area contributed by atoms with E-state index in [0.29, 0.717) is 13.1 Å². The van der Waals surface area contributed by atoms with E-state index in [0.717, 1.165) is 68.7 Å². The van der Waals surface area contributed by atoms with Crippen molar-refractivity contribution >= 4 is 17.5 Å². The summed E-state index contributed by atoms with van der Waals surface area (Å²) in [5, 5.41) is 0. The van der Waals surface area contributed by atoms with Gasteiger partial charge in [0.2, 0.25) is 5.91 Å². The summed E-state index contributed by atoms with van der Waals surface area (Å²) in [5.74, 6) is 0.320. The number of benzene rings is 2. The van der Waals surface area contributed by atoms with E-state index in [9.17, 15) is 9.59 Å². The lowest BCUT2D eigenvalue weighted by molar-refractivity contribution is -0.130. The van der Waals surface area contributed by atoms with E-state index < -0.39 is 0 Å². The number of hydrogen-bond donors (Lipinski definition) is 0. The summed E-state index contributed by atoms with van der Waals surface area (Å²) in [6.07, 6.45) is 5.61. The first-order valence-electron chi connectivity index (χ1n) is 11.6. The maximum atomic E-state index is 13.0. The summed E-state index contributed by atoms with van der Waals surface area (Å²) in [5.41, 5.74) is 4.10. The minimum Gasteiger partial charge on any atom is -0.358 e. The fraction of sp³-hybridized carbons (Fsp3) is 0.462. The molecule has 0 unspecified atom stereocenters. The van der Waals surface area contributed by atoms with Crippen molar-refractivity contribution in [2.45, 2.75) is 45.6 Å². The van der Waals surface area contributed by atoms with E-state index in [1.807, 2.05) is 34.1 Å². The van der Waals surface area contributed by atoms with Gasteiger partial charge in [-0.3, -0.25) is 9.59 Å². The Balaban J connectivity index is 1.47. The summed E-state index contributed by atoms with van der Waals surface area (Å²) >= 11 is 0. The highest BCUT2D eigenvalue weighted by Gasteiger charge is 2.21. The van der Waals surface area contributed by atoms with Crippen LogP contribution in [0.3, 0.4) is 0 Å². The van der Waals surface area contributed by atoms with E-state index in [2.05, 4.69) is 36.1 Å². The van der Waals surface area contributed by atoms with Crippen LogP contribution in [0.5, 0.6) is 0 Å². The first kappa shape index (κ1) is 21.4. The molecule has 5 heteroatoms. The van der Waals surface area contributed by atoms with E-state index in [1.165, 1.54) is 12.0 Å². The molecule has 0 atom stereocenters. The summed E-state index contributed by atoms with van der Waals surface area (Å²) in [7, 11) is 0. The molecule has 0 bridgehead atoms. The smallest absolute Gasteiger partial charge is 0.253 e. The van der Waals surface area contributed by atoms with Gasteiger partial charge in [0.05, 0.1) is 6.54 Å². The quantitative estimate of drug-likeness (QED) is 0.703. The molecule has 31 heavy (non-hydrogen) atoms. The van der Waals surface area contributed by atoms with Gasteiger partial charge in [-0.25, -0.2) is 0 Å². The molecular weight excluding hydrogens is 386 g/mol. The number of carbonyl (C=O) groups excluding carboxylic acids is 2. The second-order valence-electron chi connectivity index (χ2n) is 8.83. The first-order chi connectivity index (χ1) is 15.1. The molecule has 2 fully saturated rings. The molecule has 2 saturated heterocycles. The largest absolute Gasteiger partial charge is 0.358 e. The van der Waals surface area contributed by atoms with Gasteiger partial charge in [-0.2, -0.15) is 0 Å². The third-order valence-corrected chi connectivity index (χ3v) is 6.40. The Morgan fingerprint density at radius 2 is 1.35 bits per heavy atom. The third kappa shape index (κ3) is 5.46. The van der Waals surface area contributed by atoms with Gasteiger partial charge in [-0.05, 0) is 68.9 Å². The Morgan fingerprint density at radius 1 is 0.774 bits per heavy atom. The van der Waals surface area contributed by atoms with Crippen LogP contribution < -0.4 is 4.90 Å². The van der Waals surface area contributed by atoms with Gasteiger partial charge in [0.15, 0.2) is 0 Å². The monoisotopic (exact) mass is 419 g/mol. The number of anilines is 1. The van der Waals surface area contributed by atoms with Crippen molar-refractivity contribution in [1.29, 1.82) is 0 Å². The molecule has 5 nitrogen and oxygen atoms in total. The number of carbonyl (C=O) groups is 2. The summed E-state index contributed by atoms with van der Waals surface area (Å²) in [6.45, 7) is 6.55. The molecule has 2 aliphatic heterocycles. The first-order valence-corrected chi connectivity index (χ1v) is 11.6. The number of piperidine rings is 1. The van der Waals surface area contributed by atoms with Gasteiger partial charge in [0.1, 0.15) is 0 Å². The van der Waals surface area contributed by atoms with E-state index in [1.54, 1.807) is 0 Å². The molecule has 2 aromatic carbocycles.